The topological polar surface area (TPSA) is 27.7 Å². The summed E-state index contributed by atoms with van der Waals surface area (Å²) in [6.45, 7) is 5.45. The van der Waals surface area contributed by atoms with Gasteiger partial charge in [0.2, 0.25) is 0 Å². The van der Waals surface area contributed by atoms with Crippen LogP contribution in [0, 0.1) is 6.92 Å². The lowest BCUT2D eigenvalue weighted by Crippen LogP contribution is -2.06. The van der Waals surface area contributed by atoms with Crippen molar-refractivity contribution >= 4 is 0 Å². The van der Waals surface area contributed by atoms with E-state index in [9.17, 15) is 0 Å². The minimum atomic E-state index is 0.606. The number of aryl methyl sites for hydroxylation is 2. The van der Waals surface area contributed by atoms with E-state index in [1.54, 1.807) is 7.11 Å². The van der Waals surface area contributed by atoms with Crippen molar-refractivity contribution in [3.8, 4) is 17.2 Å². The molecule has 2 rings (SSSR count). The molecule has 0 aliphatic rings. The maximum atomic E-state index is 5.80. The molecule has 124 valence electrons. The third kappa shape index (κ3) is 5.20. The average molecular weight is 314 g/mol. The number of rotatable bonds is 9. The molecule has 0 saturated heterocycles. The SMILES string of the molecule is CCCc1cccc(OCCCOc2cccc(C)c2OC)c1. The Morgan fingerprint density at radius 1 is 0.957 bits per heavy atom. The molecule has 0 N–H and O–H groups in total. The second kappa shape index (κ2) is 9.09. The number of ether oxygens (including phenoxy) is 3. The Hall–Kier alpha value is -2.16. The van der Waals surface area contributed by atoms with Crippen molar-refractivity contribution in [3.05, 3.63) is 53.6 Å². The number of hydrogen-bond donors (Lipinski definition) is 0. The fourth-order valence-electron chi connectivity index (χ4n) is 2.51. The predicted octanol–water partition coefficient (Wildman–Crippen LogP) is 4.80. The van der Waals surface area contributed by atoms with Gasteiger partial charge in [0.1, 0.15) is 5.75 Å². The van der Waals surface area contributed by atoms with Gasteiger partial charge < -0.3 is 14.2 Å². The average Bonchev–Trinajstić information content (AvgIpc) is 2.55. The van der Waals surface area contributed by atoms with Crippen molar-refractivity contribution in [3.63, 3.8) is 0 Å². The van der Waals surface area contributed by atoms with Gasteiger partial charge in [-0.15, -0.1) is 0 Å². The summed E-state index contributed by atoms with van der Waals surface area (Å²) in [5, 5.41) is 0. The van der Waals surface area contributed by atoms with Crippen LogP contribution >= 0.6 is 0 Å². The molecule has 2 aromatic rings. The van der Waals surface area contributed by atoms with Gasteiger partial charge in [0.05, 0.1) is 20.3 Å². The summed E-state index contributed by atoms with van der Waals surface area (Å²) in [6.07, 6.45) is 3.07. The van der Waals surface area contributed by atoms with Gasteiger partial charge in [-0.2, -0.15) is 0 Å². The highest BCUT2D eigenvalue weighted by Gasteiger charge is 2.06. The number of benzene rings is 2. The van der Waals surface area contributed by atoms with E-state index in [1.165, 1.54) is 5.56 Å². The van der Waals surface area contributed by atoms with Crippen molar-refractivity contribution in [2.24, 2.45) is 0 Å². The molecule has 0 aliphatic carbocycles. The third-order valence-electron chi connectivity index (χ3n) is 3.63. The fourth-order valence-corrected chi connectivity index (χ4v) is 2.51. The molecule has 0 atom stereocenters. The molecule has 0 unspecified atom stereocenters. The molecule has 2 aromatic carbocycles. The van der Waals surface area contributed by atoms with Gasteiger partial charge in [0.15, 0.2) is 11.5 Å². The normalized spacial score (nSPS) is 10.4. The Morgan fingerprint density at radius 2 is 1.74 bits per heavy atom. The summed E-state index contributed by atoms with van der Waals surface area (Å²) in [7, 11) is 1.67. The Morgan fingerprint density at radius 3 is 2.52 bits per heavy atom. The molecule has 0 radical (unpaired) electrons. The van der Waals surface area contributed by atoms with Crippen molar-refractivity contribution < 1.29 is 14.2 Å². The van der Waals surface area contributed by atoms with Crippen LogP contribution in [-0.2, 0) is 6.42 Å². The first-order valence-electron chi connectivity index (χ1n) is 8.22. The Balaban J connectivity index is 1.76. The lowest BCUT2D eigenvalue weighted by Gasteiger charge is -2.13. The highest BCUT2D eigenvalue weighted by Crippen LogP contribution is 2.30. The highest BCUT2D eigenvalue weighted by atomic mass is 16.5. The Kier molecular flexibility index (Phi) is 6.79. The van der Waals surface area contributed by atoms with Gasteiger partial charge in [-0.05, 0) is 42.7 Å². The molecule has 3 heteroatoms. The van der Waals surface area contributed by atoms with Crippen molar-refractivity contribution in [2.45, 2.75) is 33.1 Å². The van der Waals surface area contributed by atoms with Gasteiger partial charge in [-0.3, -0.25) is 0 Å². The van der Waals surface area contributed by atoms with E-state index in [2.05, 4.69) is 25.1 Å². The van der Waals surface area contributed by atoms with Gasteiger partial charge in [-0.1, -0.05) is 37.6 Å². The lowest BCUT2D eigenvalue weighted by atomic mass is 10.1. The Bertz CT molecular complexity index is 608. The van der Waals surface area contributed by atoms with Crippen LogP contribution < -0.4 is 14.2 Å². The smallest absolute Gasteiger partial charge is 0.163 e. The van der Waals surface area contributed by atoms with E-state index in [-0.39, 0.29) is 0 Å². The molecule has 0 fully saturated rings. The van der Waals surface area contributed by atoms with Crippen LogP contribution in [0.5, 0.6) is 17.2 Å². The van der Waals surface area contributed by atoms with Crippen LogP contribution in [0.4, 0.5) is 0 Å². The van der Waals surface area contributed by atoms with E-state index in [1.807, 2.05) is 31.2 Å². The van der Waals surface area contributed by atoms with Crippen LogP contribution in [0.3, 0.4) is 0 Å². The third-order valence-corrected chi connectivity index (χ3v) is 3.63. The first-order valence-corrected chi connectivity index (χ1v) is 8.22. The summed E-state index contributed by atoms with van der Waals surface area (Å²) < 4.78 is 17.0. The largest absolute Gasteiger partial charge is 0.493 e. The predicted molar refractivity (Wildman–Crippen MR) is 93.8 cm³/mol. The fraction of sp³-hybridized carbons (Fsp3) is 0.400. The van der Waals surface area contributed by atoms with Crippen molar-refractivity contribution in [1.82, 2.24) is 0 Å². The number of hydrogen-bond acceptors (Lipinski definition) is 3. The van der Waals surface area contributed by atoms with Crippen LogP contribution in [0.25, 0.3) is 0 Å². The summed E-state index contributed by atoms with van der Waals surface area (Å²) in [6, 6.07) is 14.2. The molecule has 3 nitrogen and oxygen atoms in total. The van der Waals surface area contributed by atoms with Crippen LogP contribution in [0.15, 0.2) is 42.5 Å². The van der Waals surface area contributed by atoms with Gasteiger partial charge >= 0.3 is 0 Å². The molecular weight excluding hydrogens is 288 g/mol. The second-order valence-electron chi connectivity index (χ2n) is 5.55. The van der Waals surface area contributed by atoms with Gasteiger partial charge in [-0.25, -0.2) is 0 Å². The number of para-hydroxylation sites is 1. The minimum Gasteiger partial charge on any atom is -0.493 e. The van der Waals surface area contributed by atoms with E-state index in [0.29, 0.717) is 13.2 Å². The van der Waals surface area contributed by atoms with Crippen LogP contribution in [0.2, 0.25) is 0 Å². The van der Waals surface area contributed by atoms with Crippen LogP contribution in [-0.4, -0.2) is 20.3 Å². The first kappa shape index (κ1) is 17.2. The zero-order chi connectivity index (χ0) is 16.5. The zero-order valence-corrected chi connectivity index (χ0v) is 14.3. The lowest BCUT2D eigenvalue weighted by molar-refractivity contribution is 0.240. The first-order chi connectivity index (χ1) is 11.2. The molecule has 0 spiro atoms. The van der Waals surface area contributed by atoms with Crippen molar-refractivity contribution in [2.75, 3.05) is 20.3 Å². The minimum absolute atomic E-state index is 0.606. The standard InChI is InChI=1S/C20H26O3/c1-4-8-17-10-6-11-18(15-17)22-13-7-14-23-19-12-5-9-16(2)20(19)21-3/h5-6,9-12,15H,4,7-8,13-14H2,1-3H3. The molecule has 0 saturated carbocycles. The van der Waals surface area contributed by atoms with Gasteiger partial charge in [0.25, 0.3) is 0 Å². The molecule has 0 bridgehead atoms. The number of methoxy groups -OCH3 is 1. The highest BCUT2D eigenvalue weighted by molar-refractivity contribution is 5.45. The van der Waals surface area contributed by atoms with Gasteiger partial charge in [0, 0.05) is 6.42 Å². The second-order valence-corrected chi connectivity index (χ2v) is 5.55. The molecule has 0 aromatic heterocycles. The zero-order valence-electron chi connectivity index (χ0n) is 14.3. The molecular formula is C20H26O3. The maximum absolute atomic E-state index is 5.80. The van der Waals surface area contributed by atoms with Crippen molar-refractivity contribution in [1.29, 1.82) is 0 Å². The van der Waals surface area contributed by atoms with E-state index in [0.717, 1.165) is 42.1 Å². The maximum Gasteiger partial charge on any atom is 0.163 e. The van der Waals surface area contributed by atoms with E-state index < -0.39 is 0 Å². The summed E-state index contributed by atoms with van der Waals surface area (Å²) >= 11 is 0. The van der Waals surface area contributed by atoms with E-state index >= 15 is 0 Å². The summed E-state index contributed by atoms with van der Waals surface area (Å²) in [5.74, 6) is 2.53. The monoisotopic (exact) mass is 314 g/mol. The summed E-state index contributed by atoms with van der Waals surface area (Å²) in [5.41, 5.74) is 2.40. The summed E-state index contributed by atoms with van der Waals surface area (Å²) in [4.78, 5) is 0. The van der Waals surface area contributed by atoms with Crippen LogP contribution in [0.1, 0.15) is 30.9 Å². The molecule has 0 amide bonds. The van der Waals surface area contributed by atoms with E-state index in [4.69, 9.17) is 14.2 Å². The molecule has 0 heterocycles. The Labute approximate surface area is 139 Å². The molecule has 0 aliphatic heterocycles. The molecule has 23 heavy (non-hydrogen) atoms. The quantitative estimate of drug-likeness (QED) is 0.622.